The molecule has 13 aromatic carbocycles. The van der Waals surface area contributed by atoms with Gasteiger partial charge in [-0.2, -0.15) is 0 Å². The number of aromatic nitrogens is 2. The van der Waals surface area contributed by atoms with Gasteiger partial charge in [0.05, 0.1) is 63.6 Å². The summed E-state index contributed by atoms with van der Waals surface area (Å²) in [7, 11) is 0. The van der Waals surface area contributed by atoms with E-state index in [1.807, 2.05) is 191 Å². The van der Waals surface area contributed by atoms with Gasteiger partial charge in [0, 0.05) is 66.8 Å². The Balaban J connectivity index is 1.11. The minimum absolute atomic E-state index is 0.143. The molecule has 5 heteroatoms. The third-order valence-corrected chi connectivity index (χ3v) is 16.8. The maximum Gasteiger partial charge on any atom is 0.252 e. The van der Waals surface area contributed by atoms with Crippen LogP contribution in [0.15, 0.2) is 303 Å². The van der Waals surface area contributed by atoms with E-state index in [1.165, 1.54) is 0 Å². The van der Waals surface area contributed by atoms with Crippen LogP contribution in [-0.4, -0.2) is 15.8 Å². The van der Waals surface area contributed by atoms with Crippen molar-refractivity contribution in [3.05, 3.63) is 308 Å². The van der Waals surface area contributed by atoms with Crippen LogP contribution in [0.2, 0.25) is 0 Å². The molecule has 2 aliphatic rings. The molecule has 0 saturated heterocycles. The molecule has 2 aliphatic heterocycles. The molecule has 0 bridgehead atoms. The molecule has 2 aromatic heterocycles. The lowest BCUT2D eigenvalue weighted by Crippen LogP contribution is -2.61. The van der Waals surface area contributed by atoms with Gasteiger partial charge in [0.1, 0.15) is 0 Å². The van der Waals surface area contributed by atoms with Crippen molar-refractivity contribution in [2.24, 2.45) is 0 Å². The van der Waals surface area contributed by atoms with Gasteiger partial charge in [0.2, 0.25) is 0 Å². The lowest BCUT2D eigenvalue weighted by Gasteiger charge is -2.46. The maximum absolute atomic E-state index is 11.3. The largest absolute Gasteiger partial charge is 0.311 e. The number of nitrogens with zero attached hydrogens (tertiary/aromatic N) is 4. The van der Waals surface area contributed by atoms with Crippen LogP contribution in [0.1, 0.15) is 56.5 Å². The summed E-state index contributed by atoms with van der Waals surface area (Å²) >= 11 is 0. The fourth-order valence-electron chi connectivity index (χ4n) is 12.8. The van der Waals surface area contributed by atoms with E-state index in [9.17, 15) is 19.2 Å². The van der Waals surface area contributed by atoms with Crippen LogP contribution in [0.4, 0.5) is 34.1 Å². The third-order valence-electron chi connectivity index (χ3n) is 16.8. The topological polar surface area (TPSA) is 16.3 Å². The summed E-state index contributed by atoms with van der Waals surface area (Å²) in [6, 6.07) is 38.0. The van der Waals surface area contributed by atoms with Gasteiger partial charge in [-0.3, -0.25) is 0 Å². The number of anilines is 6. The molecule has 0 aliphatic carbocycles. The Labute approximate surface area is 538 Å². The first kappa shape index (κ1) is 33.0. The third kappa shape index (κ3) is 8.07. The van der Waals surface area contributed by atoms with Gasteiger partial charge in [-0.15, -0.1) is 0 Å². The minimum Gasteiger partial charge on any atom is -0.311 e. The second-order valence-corrected chi connectivity index (χ2v) is 22.7. The van der Waals surface area contributed by atoms with Crippen LogP contribution in [0, 0.1) is 0 Å². The van der Waals surface area contributed by atoms with Crippen molar-refractivity contribution >= 4 is 101 Å². The normalized spacial score (nSPS) is 16.2. The van der Waals surface area contributed by atoms with Crippen LogP contribution in [0.25, 0.3) is 99.5 Å². The Hall–Kier alpha value is -10.9. The van der Waals surface area contributed by atoms with Gasteiger partial charge in [0.25, 0.3) is 6.71 Å². The predicted octanol–water partition coefficient (Wildman–Crippen LogP) is 19.9. The summed E-state index contributed by atoms with van der Waals surface area (Å²) in [5.74, 6) is 0. The van der Waals surface area contributed by atoms with E-state index in [2.05, 4.69) is 0 Å². The summed E-state index contributed by atoms with van der Waals surface area (Å²) in [5, 5.41) is -1.38. The molecule has 0 spiro atoms. The second-order valence-electron chi connectivity index (χ2n) is 22.7. The van der Waals surface area contributed by atoms with Gasteiger partial charge in [-0.05, 0) is 145 Å². The molecular weight excluding hydrogens is 1050 g/mol. The highest BCUT2D eigenvalue weighted by atomic mass is 15.2. The van der Waals surface area contributed by atoms with Crippen LogP contribution in [0.3, 0.4) is 0 Å². The zero-order valence-electron chi connectivity index (χ0n) is 69.0. The molecule has 0 fully saturated rings. The average Bonchev–Trinajstić information content (AvgIpc) is 1.52. The molecule has 0 N–H and O–H groups in total. The molecule has 17 rings (SSSR count). The van der Waals surface area contributed by atoms with E-state index in [4.69, 9.17) is 11.0 Å². The van der Waals surface area contributed by atoms with Gasteiger partial charge in [-0.25, -0.2) is 0 Å². The first-order valence-corrected chi connectivity index (χ1v) is 28.6. The zero-order chi connectivity index (χ0) is 77.1. The Kier molecular flexibility index (Phi) is 7.53. The van der Waals surface area contributed by atoms with Crippen LogP contribution < -0.4 is 26.2 Å². The molecule has 4 nitrogen and oxygen atoms in total. The molecule has 87 heavy (non-hydrogen) atoms. The standard InChI is InChI=1S/C82H59BN4/c1-82(2,3)60-50-79-81-80(51-60)87(76-47-41-59(55-26-10-5-11-27-55)49-68(76)57-30-14-7-15-31-57)78-53-62(85-73-38-22-18-34-65(73)66-35-19-23-39-74(66)85)43-45-70(78)83(81)69-44-42-61(84-71-36-20-16-32-63(71)64-33-17-21-37-72(64)84)52-77(69)86(79)75-46-40-58(54-24-8-4-9-25-54)48-67(75)56-28-12-6-13-29-56/h4-53H,1-3H3/i16D,17D,18D,19D,20D,21D,22D,23D,32D,33D,34D,35D,36D,37D,38D,39D,42D,43D,44D,45D,52D,53D. The van der Waals surface area contributed by atoms with E-state index in [0.717, 1.165) is 31.4 Å². The van der Waals surface area contributed by atoms with E-state index in [1.54, 1.807) is 9.80 Å². The van der Waals surface area contributed by atoms with Crippen molar-refractivity contribution in [1.29, 1.82) is 0 Å². The van der Waals surface area contributed by atoms with Crippen molar-refractivity contribution in [2.45, 2.75) is 26.2 Å². The molecule has 0 unspecified atom stereocenters. The summed E-state index contributed by atoms with van der Waals surface area (Å²) in [6.07, 6.45) is 0. The molecule has 4 heterocycles. The van der Waals surface area contributed by atoms with Crippen LogP contribution >= 0.6 is 0 Å². The number of hydrogen-bond acceptors (Lipinski definition) is 2. The average molecular weight is 1130 g/mol. The summed E-state index contributed by atoms with van der Waals surface area (Å²) in [6.45, 7) is 4.42. The lowest BCUT2D eigenvalue weighted by atomic mass is 9.33. The van der Waals surface area contributed by atoms with E-state index < -0.39 is 179 Å². The van der Waals surface area contributed by atoms with E-state index >= 15 is 0 Å². The number of fused-ring (bicyclic) bond motifs is 10. The molecule has 0 saturated carbocycles. The molecule has 0 atom stereocenters. The monoisotopic (exact) mass is 1130 g/mol. The predicted molar refractivity (Wildman–Crippen MR) is 370 cm³/mol. The zero-order valence-corrected chi connectivity index (χ0v) is 47.0. The van der Waals surface area contributed by atoms with Gasteiger partial charge < -0.3 is 18.9 Å². The van der Waals surface area contributed by atoms with E-state index in [0.29, 0.717) is 56.0 Å². The van der Waals surface area contributed by atoms with Gasteiger partial charge in [-0.1, -0.05) is 239 Å². The van der Waals surface area contributed by atoms with Crippen molar-refractivity contribution in [3.8, 4) is 55.9 Å². The maximum atomic E-state index is 11.3. The first-order valence-electron chi connectivity index (χ1n) is 39.6. The number of hydrogen-bond donors (Lipinski definition) is 0. The number of benzene rings is 13. The van der Waals surface area contributed by atoms with Gasteiger partial charge in [0.15, 0.2) is 0 Å². The highest BCUT2D eigenvalue weighted by Crippen LogP contribution is 2.52. The molecule has 0 radical (unpaired) electrons. The fraction of sp³-hybridized carbons (Fsp3) is 0.0488. The second kappa shape index (κ2) is 19.9. The quantitative estimate of drug-likeness (QED) is 0.141. The molecule has 15 aromatic rings. The number of para-hydroxylation sites is 4. The van der Waals surface area contributed by atoms with Crippen LogP contribution in [0.5, 0.6) is 0 Å². The Morgan fingerprint density at radius 2 is 0.667 bits per heavy atom. The Bertz CT molecular complexity index is 6030. The Morgan fingerprint density at radius 1 is 0.322 bits per heavy atom. The van der Waals surface area contributed by atoms with Gasteiger partial charge >= 0.3 is 0 Å². The lowest BCUT2D eigenvalue weighted by molar-refractivity contribution is 0.590. The Morgan fingerprint density at radius 3 is 1.02 bits per heavy atom. The SMILES string of the molecule is [2H]c1c([2H])c(-n2c3c([2H])c([2H])c([2H])c([2H])c3c3c([2H])c([2H])c([2H])c([2H])c32)c([2H])c2c1B1c3c(cc(C(C)(C)C)cc3N(c3ccc(-c4ccccc4)cc3-c3ccccc3)c3c([2H])c(-n4c5c([2H])c([2H])c([2H])c([2H])c5c5c([2H])c([2H])c([2H])c([2H])c54)c([2H])c([2H])c31)N2c1ccc(-c2ccccc2)cc1-c1ccccc1. The van der Waals surface area contributed by atoms with Crippen molar-refractivity contribution in [1.82, 2.24) is 9.13 Å². The summed E-state index contributed by atoms with van der Waals surface area (Å²) in [5.41, 5.74) is 3.98. The first-order chi connectivity index (χ1) is 52.0. The molecule has 0 amide bonds. The van der Waals surface area contributed by atoms with Crippen molar-refractivity contribution in [2.75, 3.05) is 9.80 Å². The molecule has 410 valence electrons. The van der Waals surface area contributed by atoms with Crippen molar-refractivity contribution < 1.29 is 30.2 Å². The van der Waals surface area contributed by atoms with E-state index in [-0.39, 0.29) is 43.8 Å². The summed E-state index contributed by atoms with van der Waals surface area (Å²) in [4.78, 5) is 3.61. The fourth-order valence-corrected chi connectivity index (χ4v) is 12.8. The molecular formula is C82H59BN4. The highest BCUT2D eigenvalue weighted by Gasteiger charge is 2.45. The number of rotatable bonds is 8. The van der Waals surface area contributed by atoms with Crippen molar-refractivity contribution in [3.63, 3.8) is 0 Å². The summed E-state index contributed by atoms with van der Waals surface area (Å²) < 4.78 is 217. The minimum atomic E-state index is -1.57. The van der Waals surface area contributed by atoms with Crippen LogP contribution in [-0.2, 0) is 5.41 Å². The highest BCUT2D eigenvalue weighted by molar-refractivity contribution is 7.00. The smallest absolute Gasteiger partial charge is 0.252 e.